The molecule has 1 aliphatic heterocycles. The number of sulfonamides is 1. The molecule has 0 aliphatic carbocycles. The van der Waals surface area contributed by atoms with E-state index in [1.165, 1.54) is 36.4 Å². The lowest BCUT2D eigenvalue weighted by atomic mass is 9.90. The number of primary sulfonamides is 1. The molecule has 0 fully saturated rings. The number of nitrogens with zero attached hydrogens (tertiary/aromatic N) is 1. The maximum atomic E-state index is 14.0. The minimum absolute atomic E-state index is 0.0103. The molecule has 13 heteroatoms. The Bertz CT molecular complexity index is 1400. The van der Waals surface area contributed by atoms with Crippen LogP contribution >= 0.6 is 0 Å². The van der Waals surface area contributed by atoms with Gasteiger partial charge in [0.25, 0.3) is 0 Å². The largest absolute Gasteiger partial charge is 0.454 e. The minimum Gasteiger partial charge on any atom is -0.454 e. The van der Waals surface area contributed by atoms with Gasteiger partial charge in [-0.3, -0.25) is 0 Å². The normalized spacial score (nSPS) is 13.7. The molecule has 0 radical (unpaired) electrons. The van der Waals surface area contributed by atoms with Gasteiger partial charge >= 0.3 is 12.4 Å². The summed E-state index contributed by atoms with van der Waals surface area (Å²) >= 11 is 0. The molecule has 0 unspecified atom stereocenters. The third kappa shape index (κ3) is 4.80. The summed E-state index contributed by atoms with van der Waals surface area (Å²) in [6.45, 7) is -0.191. The van der Waals surface area contributed by atoms with Crippen LogP contribution in [-0.2, 0) is 22.4 Å². The average Bonchev–Trinajstić information content (AvgIpc) is 3.23. The molecule has 0 atom stereocenters. The van der Waals surface area contributed by atoms with Gasteiger partial charge in [0.05, 0.1) is 21.7 Å². The first-order valence-corrected chi connectivity index (χ1v) is 11.7. The second kappa shape index (κ2) is 8.59. The van der Waals surface area contributed by atoms with Gasteiger partial charge < -0.3 is 14.4 Å². The Morgan fingerprint density at radius 1 is 0.778 bits per heavy atom. The zero-order chi connectivity index (χ0) is 26.6. The Balaban J connectivity index is 2.04. The molecule has 0 saturated heterocycles. The molecule has 2 N–H and O–H groups in total. The zero-order valence-electron chi connectivity index (χ0n) is 18.7. The van der Waals surface area contributed by atoms with Crippen LogP contribution in [0.15, 0.2) is 53.4 Å². The van der Waals surface area contributed by atoms with Gasteiger partial charge in [-0.15, -0.1) is 0 Å². The molecule has 4 rings (SSSR count). The van der Waals surface area contributed by atoms with Crippen molar-refractivity contribution in [2.24, 2.45) is 5.14 Å². The summed E-state index contributed by atoms with van der Waals surface area (Å²) in [6, 6.07) is 9.01. The van der Waals surface area contributed by atoms with Crippen LogP contribution in [-0.4, -0.2) is 29.3 Å². The number of alkyl halides is 6. The Hall–Kier alpha value is -3.45. The Morgan fingerprint density at radius 2 is 1.22 bits per heavy atom. The molecule has 3 aromatic carbocycles. The van der Waals surface area contributed by atoms with Crippen LogP contribution in [0.5, 0.6) is 11.5 Å². The monoisotopic (exact) mass is 532 g/mol. The fourth-order valence-corrected chi connectivity index (χ4v) is 4.46. The summed E-state index contributed by atoms with van der Waals surface area (Å²) in [5.74, 6) is 0.356. The Kier molecular flexibility index (Phi) is 6.12. The van der Waals surface area contributed by atoms with Gasteiger partial charge in [-0.2, -0.15) is 26.3 Å². The quantitative estimate of drug-likeness (QED) is 0.449. The Labute approximate surface area is 201 Å². The van der Waals surface area contributed by atoms with Crippen molar-refractivity contribution in [1.82, 2.24) is 0 Å². The number of hydrogen-bond acceptors (Lipinski definition) is 5. The lowest BCUT2D eigenvalue weighted by Gasteiger charge is -2.25. The minimum atomic E-state index is -5.09. The van der Waals surface area contributed by atoms with Gasteiger partial charge in [-0.25, -0.2) is 13.6 Å². The van der Waals surface area contributed by atoms with E-state index >= 15 is 0 Å². The van der Waals surface area contributed by atoms with Crippen molar-refractivity contribution in [1.29, 1.82) is 0 Å². The highest BCUT2D eigenvalue weighted by atomic mass is 32.2. The summed E-state index contributed by atoms with van der Waals surface area (Å²) in [5.41, 5.74) is -3.84. The summed E-state index contributed by atoms with van der Waals surface area (Å²) < 4.78 is 118. The number of rotatable bonds is 4. The van der Waals surface area contributed by atoms with E-state index in [2.05, 4.69) is 0 Å². The fourth-order valence-electron chi connectivity index (χ4n) is 3.95. The predicted molar refractivity (Wildman–Crippen MR) is 119 cm³/mol. The van der Waals surface area contributed by atoms with Crippen molar-refractivity contribution in [3.05, 3.63) is 59.7 Å². The van der Waals surface area contributed by atoms with Crippen LogP contribution in [0.1, 0.15) is 11.1 Å². The van der Waals surface area contributed by atoms with E-state index in [1.54, 1.807) is 0 Å². The van der Waals surface area contributed by atoms with E-state index in [-0.39, 0.29) is 39.9 Å². The van der Waals surface area contributed by atoms with E-state index < -0.39 is 39.2 Å². The van der Waals surface area contributed by atoms with E-state index in [9.17, 15) is 34.8 Å². The predicted octanol–water partition coefficient (Wildman–Crippen LogP) is 5.50. The van der Waals surface area contributed by atoms with Gasteiger partial charge in [0.15, 0.2) is 11.5 Å². The molecule has 0 saturated carbocycles. The highest BCUT2D eigenvalue weighted by Crippen LogP contribution is 2.49. The summed E-state index contributed by atoms with van der Waals surface area (Å²) in [7, 11) is -1.84. The van der Waals surface area contributed by atoms with E-state index in [1.807, 2.05) is 0 Å². The van der Waals surface area contributed by atoms with Crippen molar-refractivity contribution < 1.29 is 44.2 Å². The van der Waals surface area contributed by atoms with Crippen molar-refractivity contribution in [3.63, 3.8) is 0 Å². The number of nitrogens with two attached hydrogens (primary N) is 1. The number of hydrogen-bond donors (Lipinski definition) is 1. The molecule has 0 bridgehead atoms. The third-order valence-corrected chi connectivity index (χ3v) is 6.41. The van der Waals surface area contributed by atoms with Gasteiger partial charge in [0, 0.05) is 14.1 Å². The first-order chi connectivity index (χ1) is 16.6. The lowest BCUT2D eigenvalue weighted by Crippen LogP contribution is -2.22. The standard InChI is InChI=1S/C23H18F6N2O4S/c1-31(2)21-17(22(24,25)26)7-13(8-18(21)23(27,28)29)16-10-20-19(34-11-35-20)9-15(16)12-3-5-14(6-4-12)36(30,32)33/h3-10H,11H2,1-2H3,(H2,30,32,33). The molecular weight excluding hydrogens is 514 g/mol. The topological polar surface area (TPSA) is 81.9 Å². The molecule has 0 aromatic heterocycles. The van der Waals surface area contributed by atoms with E-state index in [4.69, 9.17) is 14.6 Å². The van der Waals surface area contributed by atoms with Crippen LogP contribution in [0, 0.1) is 0 Å². The lowest BCUT2D eigenvalue weighted by molar-refractivity contribution is -0.142. The summed E-state index contributed by atoms with van der Waals surface area (Å²) in [5, 5.41) is 5.11. The molecule has 0 amide bonds. The van der Waals surface area contributed by atoms with Crippen LogP contribution in [0.3, 0.4) is 0 Å². The van der Waals surface area contributed by atoms with Crippen molar-refractivity contribution in [2.75, 3.05) is 25.8 Å². The number of halogens is 6. The van der Waals surface area contributed by atoms with Crippen molar-refractivity contribution >= 4 is 15.7 Å². The maximum absolute atomic E-state index is 14.0. The summed E-state index contributed by atoms with van der Waals surface area (Å²) in [6.07, 6.45) is -10.2. The first-order valence-electron chi connectivity index (χ1n) is 10.1. The van der Waals surface area contributed by atoms with E-state index in [0.29, 0.717) is 17.7 Å². The van der Waals surface area contributed by atoms with Crippen LogP contribution in [0.25, 0.3) is 22.3 Å². The molecule has 192 valence electrons. The van der Waals surface area contributed by atoms with Gasteiger partial charge in [0.2, 0.25) is 16.8 Å². The Morgan fingerprint density at radius 3 is 1.61 bits per heavy atom. The highest BCUT2D eigenvalue weighted by molar-refractivity contribution is 7.89. The number of benzene rings is 3. The second-order valence-electron chi connectivity index (χ2n) is 8.13. The number of ether oxygens (including phenoxy) is 2. The second-order valence-corrected chi connectivity index (χ2v) is 9.69. The van der Waals surface area contributed by atoms with Crippen LogP contribution < -0.4 is 19.5 Å². The smallest absolute Gasteiger partial charge is 0.418 e. The first kappa shape index (κ1) is 25.6. The van der Waals surface area contributed by atoms with Crippen molar-refractivity contribution in [2.45, 2.75) is 17.2 Å². The maximum Gasteiger partial charge on any atom is 0.418 e. The highest BCUT2D eigenvalue weighted by Gasteiger charge is 2.42. The molecule has 3 aromatic rings. The molecule has 1 heterocycles. The number of anilines is 1. The van der Waals surface area contributed by atoms with Gasteiger partial charge in [-0.05, 0) is 58.7 Å². The molecular formula is C23H18F6N2O4S. The fraction of sp³-hybridized carbons (Fsp3) is 0.217. The average molecular weight is 532 g/mol. The number of fused-ring (bicyclic) bond motifs is 1. The van der Waals surface area contributed by atoms with Crippen LogP contribution in [0.4, 0.5) is 32.0 Å². The van der Waals surface area contributed by atoms with Crippen molar-refractivity contribution in [3.8, 4) is 33.8 Å². The molecule has 36 heavy (non-hydrogen) atoms. The zero-order valence-corrected chi connectivity index (χ0v) is 19.5. The van der Waals surface area contributed by atoms with Gasteiger partial charge in [0.1, 0.15) is 0 Å². The molecule has 0 spiro atoms. The summed E-state index contributed by atoms with van der Waals surface area (Å²) in [4.78, 5) is 0.546. The third-order valence-electron chi connectivity index (χ3n) is 5.49. The van der Waals surface area contributed by atoms with E-state index in [0.717, 1.165) is 19.0 Å². The van der Waals surface area contributed by atoms with Crippen LogP contribution in [0.2, 0.25) is 0 Å². The SMILES string of the molecule is CN(C)c1c(C(F)(F)F)cc(-c2cc3c(cc2-c2ccc(S(N)(=O)=O)cc2)OCO3)cc1C(F)(F)F. The molecule has 6 nitrogen and oxygen atoms in total. The van der Waals surface area contributed by atoms with Gasteiger partial charge in [-0.1, -0.05) is 12.1 Å². The molecule has 1 aliphatic rings.